The number of methoxy groups -OCH3 is 1. The smallest absolute Gasteiger partial charge is 0.123 e. The molecule has 1 aromatic rings. The van der Waals surface area contributed by atoms with Gasteiger partial charge in [-0.1, -0.05) is 24.1 Å². The molecule has 0 aliphatic heterocycles. The lowest BCUT2D eigenvalue weighted by Gasteiger charge is -2.18. The van der Waals surface area contributed by atoms with Gasteiger partial charge in [-0.2, -0.15) is 0 Å². The summed E-state index contributed by atoms with van der Waals surface area (Å²) in [6.07, 6.45) is 4.18. The molecule has 0 aromatic heterocycles. The molecular weight excluding hydrogens is 210 g/mol. The number of benzene rings is 1. The van der Waals surface area contributed by atoms with Gasteiger partial charge in [0.15, 0.2) is 0 Å². The zero-order valence-corrected chi connectivity index (χ0v) is 10.6. The molecule has 1 aromatic carbocycles. The van der Waals surface area contributed by atoms with Crippen LogP contribution in [-0.2, 0) is 0 Å². The molecule has 2 fully saturated rings. The van der Waals surface area contributed by atoms with Crippen molar-refractivity contribution < 1.29 is 4.74 Å². The van der Waals surface area contributed by atoms with E-state index >= 15 is 0 Å². The van der Waals surface area contributed by atoms with Crippen molar-refractivity contribution in [2.75, 3.05) is 7.11 Å². The van der Waals surface area contributed by atoms with Crippen LogP contribution >= 0.6 is 0 Å². The van der Waals surface area contributed by atoms with Crippen LogP contribution in [0.4, 0.5) is 0 Å². The largest absolute Gasteiger partial charge is 0.496 e. The second-order valence-electron chi connectivity index (χ2n) is 5.61. The first-order chi connectivity index (χ1) is 8.22. The van der Waals surface area contributed by atoms with Gasteiger partial charge in [-0.3, -0.25) is 0 Å². The predicted molar refractivity (Wildman–Crippen MR) is 69.0 cm³/mol. The van der Waals surface area contributed by atoms with Gasteiger partial charge < -0.3 is 10.5 Å². The van der Waals surface area contributed by atoms with Crippen LogP contribution in [0, 0.1) is 24.7 Å². The zero-order valence-electron chi connectivity index (χ0n) is 10.6. The molecular formula is C15H21NO. The van der Waals surface area contributed by atoms with Crippen LogP contribution < -0.4 is 10.5 Å². The van der Waals surface area contributed by atoms with E-state index in [1.807, 2.05) is 6.07 Å². The minimum atomic E-state index is 0.167. The Kier molecular flexibility index (Phi) is 2.62. The number of aryl methyl sites for hydroxylation is 1. The highest BCUT2D eigenvalue weighted by Gasteiger charge is 2.55. The Bertz CT molecular complexity index is 419. The van der Waals surface area contributed by atoms with Gasteiger partial charge in [0.1, 0.15) is 5.75 Å². The van der Waals surface area contributed by atoms with Crippen molar-refractivity contribution in [2.45, 2.75) is 32.2 Å². The highest BCUT2D eigenvalue weighted by atomic mass is 16.5. The summed E-state index contributed by atoms with van der Waals surface area (Å²) in [4.78, 5) is 0. The number of ether oxygens (including phenoxy) is 1. The molecule has 2 aliphatic carbocycles. The second-order valence-corrected chi connectivity index (χ2v) is 5.61. The maximum absolute atomic E-state index is 6.46. The van der Waals surface area contributed by atoms with Gasteiger partial charge in [0.25, 0.3) is 0 Å². The molecule has 2 N–H and O–H groups in total. The van der Waals surface area contributed by atoms with E-state index < -0.39 is 0 Å². The quantitative estimate of drug-likeness (QED) is 0.867. The molecule has 92 valence electrons. The molecule has 3 atom stereocenters. The zero-order chi connectivity index (χ0) is 12.0. The van der Waals surface area contributed by atoms with Gasteiger partial charge in [0, 0.05) is 11.6 Å². The summed E-state index contributed by atoms with van der Waals surface area (Å²) in [5.74, 6) is 3.46. The predicted octanol–water partition coefficient (Wildman–Crippen LogP) is 3.05. The van der Waals surface area contributed by atoms with Crippen molar-refractivity contribution in [2.24, 2.45) is 23.5 Å². The molecule has 2 heteroatoms. The molecule has 3 unspecified atom stereocenters. The fraction of sp³-hybridized carbons (Fsp3) is 0.600. The molecule has 0 bridgehead atoms. The summed E-state index contributed by atoms with van der Waals surface area (Å²) in [5.41, 5.74) is 8.92. The van der Waals surface area contributed by atoms with Crippen molar-refractivity contribution in [1.29, 1.82) is 0 Å². The number of hydrogen-bond acceptors (Lipinski definition) is 2. The van der Waals surface area contributed by atoms with Gasteiger partial charge in [-0.15, -0.1) is 0 Å². The molecule has 0 heterocycles. The van der Waals surface area contributed by atoms with Gasteiger partial charge in [0.05, 0.1) is 7.11 Å². The fourth-order valence-electron chi connectivity index (χ4n) is 3.73. The lowest BCUT2D eigenvalue weighted by molar-refractivity contribution is 0.397. The fourth-order valence-corrected chi connectivity index (χ4v) is 3.73. The van der Waals surface area contributed by atoms with E-state index in [0.29, 0.717) is 5.92 Å². The third kappa shape index (κ3) is 1.75. The Morgan fingerprint density at radius 1 is 1.29 bits per heavy atom. The van der Waals surface area contributed by atoms with Crippen LogP contribution in [0.2, 0.25) is 0 Å². The van der Waals surface area contributed by atoms with E-state index in [1.54, 1.807) is 7.11 Å². The lowest BCUT2D eigenvalue weighted by Crippen LogP contribution is -2.16. The first kappa shape index (κ1) is 11.1. The minimum Gasteiger partial charge on any atom is -0.496 e. The number of hydrogen-bond donors (Lipinski definition) is 1. The van der Waals surface area contributed by atoms with E-state index in [1.165, 1.54) is 30.4 Å². The van der Waals surface area contributed by atoms with Gasteiger partial charge in [-0.25, -0.2) is 0 Å². The monoisotopic (exact) mass is 231 g/mol. The summed E-state index contributed by atoms with van der Waals surface area (Å²) in [6, 6.07) is 6.49. The normalized spacial score (nSPS) is 32.1. The Morgan fingerprint density at radius 2 is 2.00 bits per heavy atom. The van der Waals surface area contributed by atoms with Crippen molar-refractivity contribution >= 4 is 0 Å². The van der Waals surface area contributed by atoms with Crippen LogP contribution in [0.5, 0.6) is 5.75 Å². The van der Waals surface area contributed by atoms with Gasteiger partial charge in [0.2, 0.25) is 0 Å². The Labute approximate surface area is 103 Å². The Morgan fingerprint density at radius 3 is 2.65 bits per heavy atom. The highest BCUT2D eigenvalue weighted by molar-refractivity contribution is 5.40. The van der Waals surface area contributed by atoms with Crippen molar-refractivity contribution in [1.82, 2.24) is 0 Å². The van der Waals surface area contributed by atoms with E-state index in [-0.39, 0.29) is 6.04 Å². The topological polar surface area (TPSA) is 35.2 Å². The van der Waals surface area contributed by atoms with Crippen LogP contribution in [-0.4, -0.2) is 7.11 Å². The highest BCUT2D eigenvalue weighted by Crippen LogP contribution is 2.62. The third-order valence-corrected chi connectivity index (χ3v) is 4.63. The Balaban J connectivity index is 1.85. The SMILES string of the molecule is COc1ccc(C)cc1C(N)C1C2CCCC21. The molecule has 0 spiro atoms. The number of nitrogens with two attached hydrogens (primary N) is 1. The molecule has 3 rings (SSSR count). The summed E-state index contributed by atoms with van der Waals surface area (Å²) in [7, 11) is 1.73. The first-order valence-corrected chi connectivity index (χ1v) is 6.62. The average molecular weight is 231 g/mol. The molecule has 17 heavy (non-hydrogen) atoms. The van der Waals surface area contributed by atoms with E-state index in [2.05, 4.69) is 19.1 Å². The maximum Gasteiger partial charge on any atom is 0.123 e. The van der Waals surface area contributed by atoms with E-state index in [4.69, 9.17) is 10.5 Å². The molecule has 2 saturated carbocycles. The summed E-state index contributed by atoms with van der Waals surface area (Å²) < 4.78 is 5.44. The second kappa shape index (κ2) is 4.02. The molecule has 0 amide bonds. The van der Waals surface area contributed by atoms with Crippen LogP contribution in [0.25, 0.3) is 0 Å². The summed E-state index contributed by atoms with van der Waals surface area (Å²) in [6.45, 7) is 2.11. The van der Waals surface area contributed by atoms with Crippen LogP contribution in [0.15, 0.2) is 18.2 Å². The number of rotatable bonds is 3. The van der Waals surface area contributed by atoms with Crippen molar-refractivity contribution in [3.8, 4) is 5.75 Å². The average Bonchev–Trinajstić information content (AvgIpc) is 2.81. The van der Waals surface area contributed by atoms with Crippen LogP contribution in [0.1, 0.15) is 36.4 Å². The number of fused-ring (bicyclic) bond motifs is 1. The van der Waals surface area contributed by atoms with Crippen molar-refractivity contribution in [3.63, 3.8) is 0 Å². The van der Waals surface area contributed by atoms with Crippen LogP contribution in [0.3, 0.4) is 0 Å². The lowest BCUT2D eigenvalue weighted by atomic mass is 9.96. The van der Waals surface area contributed by atoms with Gasteiger partial charge >= 0.3 is 0 Å². The van der Waals surface area contributed by atoms with E-state index in [0.717, 1.165) is 17.6 Å². The maximum atomic E-state index is 6.46. The summed E-state index contributed by atoms with van der Waals surface area (Å²) >= 11 is 0. The minimum absolute atomic E-state index is 0.167. The molecule has 2 nitrogen and oxygen atoms in total. The Hall–Kier alpha value is -1.02. The standard InChI is InChI=1S/C15H21NO/c1-9-6-7-13(17-2)12(8-9)15(16)14-10-4-3-5-11(10)14/h6-8,10-11,14-15H,3-5,16H2,1-2H3. The molecule has 0 saturated heterocycles. The molecule has 2 aliphatic rings. The summed E-state index contributed by atoms with van der Waals surface area (Å²) in [5, 5.41) is 0. The van der Waals surface area contributed by atoms with Crippen molar-refractivity contribution in [3.05, 3.63) is 29.3 Å². The third-order valence-electron chi connectivity index (χ3n) is 4.63. The van der Waals surface area contributed by atoms with Gasteiger partial charge in [-0.05, 0) is 43.6 Å². The van der Waals surface area contributed by atoms with E-state index in [9.17, 15) is 0 Å². The first-order valence-electron chi connectivity index (χ1n) is 6.62. The molecule has 0 radical (unpaired) electrons.